The first-order valence-electron chi connectivity index (χ1n) is 4.59. The number of rotatable bonds is 4. The Morgan fingerprint density at radius 3 is 2.59 bits per heavy atom. The van der Waals surface area contributed by atoms with Crippen LogP contribution >= 0.6 is 11.8 Å². The number of anilines is 1. The molecular formula is C9H11F3N2O2S. The number of aliphatic hydroxyl groups is 2. The number of aliphatic hydroxyl groups excluding tert-OH is 2. The summed E-state index contributed by atoms with van der Waals surface area (Å²) in [6.07, 6.45) is -5.49. The van der Waals surface area contributed by atoms with Crippen molar-refractivity contribution in [3.05, 3.63) is 17.7 Å². The van der Waals surface area contributed by atoms with E-state index in [0.717, 1.165) is 23.9 Å². The Hall–Kier alpha value is -0.990. The molecular weight excluding hydrogens is 257 g/mol. The van der Waals surface area contributed by atoms with E-state index in [-0.39, 0.29) is 16.6 Å². The van der Waals surface area contributed by atoms with E-state index in [4.69, 9.17) is 15.9 Å². The molecule has 0 aliphatic rings. The van der Waals surface area contributed by atoms with Crippen LogP contribution in [-0.4, -0.2) is 33.7 Å². The van der Waals surface area contributed by atoms with Gasteiger partial charge in [-0.05, 0) is 12.1 Å². The molecule has 0 aliphatic carbocycles. The summed E-state index contributed by atoms with van der Waals surface area (Å²) in [7, 11) is 0. The van der Waals surface area contributed by atoms with Crippen molar-refractivity contribution in [3.8, 4) is 0 Å². The summed E-state index contributed by atoms with van der Waals surface area (Å²) in [5.74, 6) is -0.189. The van der Waals surface area contributed by atoms with Crippen LogP contribution in [0.4, 0.5) is 19.0 Å². The highest BCUT2D eigenvalue weighted by molar-refractivity contribution is 7.99. The molecule has 0 fully saturated rings. The predicted octanol–water partition coefficient (Wildman–Crippen LogP) is 1.13. The van der Waals surface area contributed by atoms with Crippen LogP contribution in [0, 0.1) is 0 Å². The second-order valence-electron chi connectivity index (χ2n) is 3.26. The lowest BCUT2D eigenvalue weighted by Gasteiger charge is -2.10. The van der Waals surface area contributed by atoms with Crippen molar-refractivity contribution in [2.75, 3.05) is 18.1 Å². The summed E-state index contributed by atoms with van der Waals surface area (Å²) in [6.45, 7) is -0.457. The first-order valence-corrected chi connectivity index (χ1v) is 5.58. The summed E-state index contributed by atoms with van der Waals surface area (Å²) in [5.41, 5.74) is 4.38. The lowest BCUT2D eigenvalue weighted by Crippen LogP contribution is -2.15. The highest BCUT2D eigenvalue weighted by atomic mass is 32.2. The van der Waals surface area contributed by atoms with E-state index < -0.39 is 24.5 Å². The van der Waals surface area contributed by atoms with Gasteiger partial charge in [-0.1, -0.05) is 0 Å². The van der Waals surface area contributed by atoms with Crippen molar-refractivity contribution in [1.82, 2.24) is 4.98 Å². The number of halogens is 3. The topological polar surface area (TPSA) is 79.4 Å². The molecule has 0 radical (unpaired) electrons. The number of thioether (sulfide) groups is 1. The summed E-state index contributed by atoms with van der Waals surface area (Å²) in [6, 6.07) is 1.59. The summed E-state index contributed by atoms with van der Waals surface area (Å²) in [4.78, 5) is 3.70. The van der Waals surface area contributed by atoms with E-state index in [1.165, 1.54) is 0 Å². The Bertz CT molecular complexity index is 387. The molecule has 0 saturated carbocycles. The molecule has 1 atom stereocenters. The molecule has 0 saturated heterocycles. The molecule has 1 heterocycles. The van der Waals surface area contributed by atoms with E-state index >= 15 is 0 Å². The second-order valence-corrected chi connectivity index (χ2v) is 4.30. The summed E-state index contributed by atoms with van der Waals surface area (Å²) < 4.78 is 37.3. The highest BCUT2D eigenvalue weighted by Gasteiger charge is 2.31. The van der Waals surface area contributed by atoms with Gasteiger partial charge in [0.15, 0.2) is 0 Å². The van der Waals surface area contributed by atoms with E-state index in [1.807, 2.05) is 0 Å². The van der Waals surface area contributed by atoms with Gasteiger partial charge in [-0.2, -0.15) is 13.2 Å². The van der Waals surface area contributed by atoms with Crippen LogP contribution in [0.3, 0.4) is 0 Å². The van der Waals surface area contributed by atoms with Gasteiger partial charge >= 0.3 is 6.18 Å². The molecule has 8 heteroatoms. The molecule has 4 nitrogen and oxygen atoms in total. The number of pyridine rings is 1. The van der Waals surface area contributed by atoms with Crippen LogP contribution in [0.2, 0.25) is 0 Å². The van der Waals surface area contributed by atoms with Crippen LogP contribution in [-0.2, 0) is 6.18 Å². The average molecular weight is 268 g/mol. The fourth-order valence-electron chi connectivity index (χ4n) is 0.998. The molecule has 1 aromatic heterocycles. The van der Waals surface area contributed by atoms with Gasteiger partial charge in [-0.25, -0.2) is 4.98 Å². The minimum Gasteiger partial charge on any atom is -0.394 e. The normalized spacial score (nSPS) is 13.7. The molecule has 17 heavy (non-hydrogen) atoms. The molecule has 0 aliphatic heterocycles. The fraction of sp³-hybridized carbons (Fsp3) is 0.444. The lowest BCUT2D eigenvalue weighted by molar-refractivity contribution is -0.137. The summed E-state index contributed by atoms with van der Waals surface area (Å²) >= 11 is 0.896. The van der Waals surface area contributed by atoms with Gasteiger partial charge in [0.05, 0.1) is 23.3 Å². The number of aromatic nitrogens is 1. The molecule has 1 rings (SSSR count). The van der Waals surface area contributed by atoms with Gasteiger partial charge in [0.25, 0.3) is 0 Å². The minimum absolute atomic E-state index is 0.0459. The van der Waals surface area contributed by atoms with E-state index in [2.05, 4.69) is 4.98 Å². The third-order valence-corrected chi connectivity index (χ3v) is 2.84. The standard InChI is InChI=1S/C9H11F3N2O2S/c10-9(11,12)5-1-7(13)14-8(2-5)17-4-6(16)3-15/h1-2,6,15-16H,3-4H2,(H2,13,14). The first kappa shape index (κ1) is 14.1. The van der Waals surface area contributed by atoms with Gasteiger partial charge in [-0.3, -0.25) is 0 Å². The van der Waals surface area contributed by atoms with E-state index in [9.17, 15) is 13.2 Å². The van der Waals surface area contributed by atoms with Crippen molar-refractivity contribution in [2.45, 2.75) is 17.3 Å². The number of nitrogen functional groups attached to an aromatic ring is 1. The number of hydrogen-bond acceptors (Lipinski definition) is 5. The number of nitrogens with zero attached hydrogens (tertiary/aromatic N) is 1. The summed E-state index contributed by atoms with van der Waals surface area (Å²) in [5, 5.41) is 17.7. The Balaban J connectivity index is 2.83. The maximum Gasteiger partial charge on any atom is 0.416 e. The molecule has 96 valence electrons. The van der Waals surface area contributed by atoms with Crippen molar-refractivity contribution >= 4 is 17.6 Å². The molecule has 0 spiro atoms. The smallest absolute Gasteiger partial charge is 0.394 e. The van der Waals surface area contributed by atoms with Gasteiger partial charge in [0.1, 0.15) is 5.82 Å². The fourth-order valence-corrected chi connectivity index (χ4v) is 1.85. The Kier molecular flexibility index (Phi) is 4.61. The first-order chi connectivity index (χ1) is 7.82. The van der Waals surface area contributed by atoms with Crippen LogP contribution in [0.1, 0.15) is 5.56 Å². The monoisotopic (exact) mass is 268 g/mol. The van der Waals surface area contributed by atoms with E-state index in [0.29, 0.717) is 0 Å². The molecule has 1 aromatic rings. The quantitative estimate of drug-likeness (QED) is 0.713. The third kappa shape index (κ3) is 4.41. The van der Waals surface area contributed by atoms with Gasteiger partial charge < -0.3 is 15.9 Å². The van der Waals surface area contributed by atoms with Crippen molar-refractivity contribution in [1.29, 1.82) is 0 Å². The van der Waals surface area contributed by atoms with Gasteiger partial charge in [0.2, 0.25) is 0 Å². The van der Waals surface area contributed by atoms with Crippen molar-refractivity contribution in [3.63, 3.8) is 0 Å². The van der Waals surface area contributed by atoms with Crippen molar-refractivity contribution < 1.29 is 23.4 Å². The zero-order valence-electron chi connectivity index (χ0n) is 8.61. The Morgan fingerprint density at radius 1 is 1.41 bits per heavy atom. The average Bonchev–Trinajstić information content (AvgIpc) is 2.24. The van der Waals surface area contributed by atoms with Crippen LogP contribution in [0.25, 0.3) is 0 Å². The van der Waals surface area contributed by atoms with Gasteiger partial charge in [-0.15, -0.1) is 11.8 Å². The molecule has 0 aromatic carbocycles. The van der Waals surface area contributed by atoms with Crippen LogP contribution < -0.4 is 5.73 Å². The highest BCUT2D eigenvalue weighted by Crippen LogP contribution is 2.32. The minimum atomic E-state index is -4.48. The molecule has 4 N–H and O–H groups in total. The zero-order valence-corrected chi connectivity index (χ0v) is 9.42. The zero-order chi connectivity index (χ0) is 13.1. The maximum absolute atomic E-state index is 12.4. The molecule has 0 bridgehead atoms. The SMILES string of the molecule is Nc1cc(C(F)(F)F)cc(SCC(O)CO)n1. The van der Waals surface area contributed by atoms with Crippen LogP contribution in [0.5, 0.6) is 0 Å². The lowest BCUT2D eigenvalue weighted by atomic mass is 10.2. The predicted molar refractivity (Wildman–Crippen MR) is 57.5 cm³/mol. The molecule has 0 amide bonds. The second kappa shape index (κ2) is 5.56. The Labute approximate surface area is 99.7 Å². The van der Waals surface area contributed by atoms with E-state index in [1.54, 1.807) is 0 Å². The largest absolute Gasteiger partial charge is 0.416 e. The number of nitrogens with two attached hydrogens (primary N) is 1. The Morgan fingerprint density at radius 2 is 2.06 bits per heavy atom. The number of alkyl halides is 3. The van der Waals surface area contributed by atoms with Crippen LogP contribution in [0.15, 0.2) is 17.2 Å². The number of hydrogen-bond donors (Lipinski definition) is 3. The molecule has 1 unspecified atom stereocenters. The van der Waals surface area contributed by atoms with Gasteiger partial charge in [0, 0.05) is 5.75 Å². The third-order valence-electron chi connectivity index (χ3n) is 1.78. The van der Waals surface area contributed by atoms with Crippen molar-refractivity contribution in [2.24, 2.45) is 0 Å². The maximum atomic E-state index is 12.4.